The summed E-state index contributed by atoms with van der Waals surface area (Å²) in [5.41, 5.74) is 1.35. The number of halogens is 2. The third-order valence-electron chi connectivity index (χ3n) is 4.25. The smallest absolute Gasteiger partial charge is 0.185 e. The molecule has 0 radical (unpaired) electrons. The molecule has 3 aromatic carbocycles. The summed E-state index contributed by atoms with van der Waals surface area (Å²) < 4.78 is 5.78. The number of benzene rings is 3. The first-order valence-electron chi connectivity index (χ1n) is 8.37. The van der Waals surface area contributed by atoms with Gasteiger partial charge >= 0.3 is 0 Å². The van der Waals surface area contributed by atoms with E-state index in [1.807, 2.05) is 42.5 Å². The average molecular weight is 393 g/mol. The lowest BCUT2D eigenvalue weighted by atomic mass is 10.0. The fourth-order valence-corrected chi connectivity index (χ4v) is 3.25. The third-order valence-corrected chi connectivity index (χ3v) is 4.82. The van der Waals surface area contributed by atoms with E-state index < -0.39 is 0 Å². The second-order valence-electron chi connectivity index (χ2n) is 6.09. The van der Waals surface area contributed by atoms with Crippen LogP contribution in [0.2, 0.25) is 10.0 Å². The summed E-state index contributed by atoms with van der Waals surface area (Å²) in [6.45, 7) is 0. The molecule has 2 nitrogen and oxygen atoms in total. The van der Waals surface area contributed by atoms with Crippen molar-refractivity contribution in [3.8, 4) is 11.3 Å². The highest BCUT2D eigenvalue weighted by Crippen LogP contribution is 2.32. The van der Waals surface area contributed by atoms with Crippen LogP contribution in [0.25, 0.3) is 28.2 Å². The maximum Gasteiger partial charge on any atom is 0.185 e. The average Bonchev–Trinajstić information content (AvgIpc) is 3.16. The van der Waals surface area contributed by atoms with E-state index >= 15 is 0 Å². The van der Waals surface area contributed by atoms with Gasteiger partial charge in [0.05, 0.1) is 5.02 Å². The van der Waals surface area contributed by atoms with Gasteiger partial charge in [-0.1, -0.05) is 59.6 Å². The molecule has 0 aliphatic rings. The monoisotopic (exact) mass is 392 g/mol. The Hall–Kier alpha value is -2.81. The molecule has 0 saturated carbocycles. The first-order valence-corrected chi connectivity index (χ1v) is 9.12. The molecule has 0 bridgehead atoms. The number of allylic oxidation sites excluding steroid dienone is 1. The van der Waals surface area contributed by atoms with Crippen LogP contribution in [0.4, 0.5) is 0 Å². The minimum atomic E-state index is -0.0838. The number of ketones is 1. The summed E-state index contributed by atoms with van der Waals surface area (Å²) >= 11 is 12.2. The van der Waals surface area contributed by atoms with Gasteiger partial charge in [0.1, 0.15) is 11.5 Å². The van der Waals surface area contributed by atoms with Gasteiger partial charge in [0.2, 0.25) is 0 Å². The molecule has 0 fully saturated rings. The van der Waals surface area contributed by atoms with Gasteiger partial charge in [-0.05, 0) is 59.3 Å². The highest BCUT2D eigenvalue weighted by atomic mass is 35.5. The number of fused-ring (bicyclic) bond motifs is 1. The second kappa shape index (κ2) is 7.43. The standard InChI is InChI=1S/C23H14Cl2O2/c24-18-7-10-21(25)20(14-18)23-12-9-19(27-23)8-11-22(26)17-6-5-15-3-1-2-4-16(15)13-17/h1-14H/b11-8+. The molecule has 0 spiro atoms. The Kier molecular flexibility index (Phi) is 4.85. The van der Waals surface area contributed by atoms with Crippen molar-refractivity contribution in [2.75, 3.05) is 0 Å². The molecule has 0 saturated heterocycles. The van der Waals surface area contributed by atoms with Crippen LogP contribution in [0.3, 0.4) is 0 Å². The van der Waals surface area contributed by atoms with Crippen molar-refractivity contribution in [3.63, 3.8) is 0 Å². The Morgan fingerprint density at radius 3 is 2.52 bits per heavy atom. The fourth-order valence-electron chi connectivity index (χ4n) is 2.87. The molecular formula is C23H14Cl2O2. The van der Waals surface area contributed by atoms with Crippen LogP contribution in [0.5, 0.6) is 0 Å². The normalized spacial score (nSPS) is 11.3. The van der Waals surface area contributed by atoms with Crippen LogP contribution in [0.1, 0.15) is 16.1 Å². The number of hydrogen-bond acceptors (Lipinski definition) is 2. The lowest BCUT2D eigenvalue weighted by molar-refractivity contribution is 0.104. The Balaban J connectivity index is 1.56. The largest absolute Gasteiger partial charge is 0.457 e. The van der Waals surface area contributed by atoms with Crippen molar-refractivity contribution >= 4 is 45.8 Å². The molecule has 4 rings (SSSR count). The first kappa shape index (κ1) is 17.6. The lowest BCUT2D eigenvalue weighted by Gasteiger charge is -2.01. The van der Waals surface area contributed by atoms with Crippen molar-refractivity contribution in [3.05, 3.63) is 100 Å². The summed E-state index contributed by atoms with van der Waals surface area (Å²) in [4.78, 5) is 12.5. The zero-order chi connectivity index (χ0) is 18.8. The van der Waals surface area contributed by atoms with Gasteiger partial charge in [0.25, 0.3) is 0 Å². The SMILES string of the molecule is O=C(/C=C/c1ccc(-c2cc(Cl)ccc2Cl)o1)c1ccc2ccccc2c1. The Bertz CT molecular complexity index is 1170. The van der Waals surface area contributed by atoms with Gasteiger partial charge < -0.3 is 4.42 Å². The summed E-state index contributed by atoms with van der Waals surface area (Å²) in [6, 6.07) is 22.4. The van der Waals surface area contributed by atoms with Crippen molar-refractivity contribution in [1.82, 2.24) is 0 Å². The van der Waals surface area contributed by atoms with Gasteiger partial charge in [-0.15, -0.1) is 0 Å². The quantitative estimate of drug-likeness (QED) is 0.269. The van der Waals surface area contributed by atoms with Crippen molar-refractivity contribution in [2.24, 2.45) is 0 Å². The summed E-state index contributed by atoms with van der Waals surface area (Å²) in [7, 11) is 0. The van der Waals surface area contributed by atoms with Crippen LogP contribution in [0, 0.1) is 0 Å². The van der Waals surface area contributed by atoms with Crippen LogP contribution in [-0.2, 0) is 0 Å². The van der Waals surface area contributed by atoms with Crippen LogP contribution in [0.15, 0.2) is 83.3 Å². The van der Waals surface area contributed by atoms with E-state index in [2.05, 4.69) is 0 Å². The number of hydrogen-bond donors (Lipinski definition) is 0. The molecule has 0 amide bonds. The Morgan fingerprint density at radius 1 is 0.852 bits per heavy atom. The van der Waals surface area contributed by atoms with E-state index in [0.29, 0.717) is 32.7 Å². The second-order valence-corrected chi connectivity index (χ2v) is 6.93. The van der Waals surface area contributed by atoms with E-state index in [1.165, 1.54) is 6.08 Å². The van der Waals surface area contributed by atoms with Gasteiger partial charge in [0, 0.05) is 16.1 Å². The maximum atomic E-state index is 12.5. The zero-order valence-electron chi connectivity index (χ0n) is 14.2. The van der Waals surface area contributed by atoms with Gasteiger partial charge in [-0.3, -0.25) is 4.79 Å². The third kappa shape index (κ3) is 3.82. The van der Waals surface area contributed by atoms with Crippen LogP contribution in [-0.4, -0.2) is 5.78 Å². The fraction of sp³-hybridized carbons (Fsp3) is 0. The highest BCUT2D eigenvalue weighted by molar-refractivity contribution is 6.35. The summed E-state index contributed by atoms with van der Waals surface area (Å²) in [5.74, 6) is 1.08. The Labute approximate surface area is 166 Å². The number of carbonyl (C=O) groups excluding carboxylic acids is 1. The van der Waals surface area contributed by atoms with Crippen LogP contribution < -0.4 is 0 Å². The molecule has 0 atom stereocenters. The molecular weight excluding hydrogens is 379 g/mol. The molecule has 0 aliphatic heterocycles. The zero-order valence-corrected chi connectivity index (χ0v) is 15.7. The predicted octanol–water partition coefficient (Wildman–Crippen LogP) is 7.30. The van der Waals surface area contributed by atoms with Gasteiger partial charge in [0.15, 0.2) is 5.78 Å². The predicted molar refractivity (Wildman–Crippen MR) is 111 cm³/mol. The molecule has 0 N–H and O–H groups in total. The van der Waals surface area contributed by atoms with E-state index in [-0.39, 0.29) is 5.78 Å². The topological polar surface area (TPSA) is 30.2 Å². The maximum absolute atomic E-state index is 12.5. The molecule has 132 valence electrons. The van der Waals surface area contributed by atoms with E-state index in [1.54, 1.807) is 36.4 Å². The number of carbonyl (C=O) groups is 1. The molecule has 1 heterocycles. The summed E-state index contributed by atoms with van der Waals surface area (Å²) in [5, 5.41) is 3.27. The van der Waals surface area contributed by atoms with Crippen molar-refractivity contribution in [1.29, 1.82) is 0 Å². The molecule has 0 unspecified atom stereocenters. The molecule has 1 aromatic heterocycles. The van der Waals surface area contributed by atoms with Gasteiger partial charge in [-0.25, -0.2) is 0 Å². The minimum Gasteiger partial charge on any atom is -0.457 e. The van der Waals surface area contributed by atoms with E-state index in [9.17, 15) is 4.79 Å². The van der Waals surface area contributed by atoms with E-state index in [0.717, 1.165) is 10.8 Å². The van der Waals surface area contributed by atoms with Crippen LogP contribution >= 0.6 is 23.2 Å². The summed E-state index contributed by atoms with van der Waals surface area (Å²) in [6.07, 6.45) is 3.16. The highest BCUT2D eigenvalue weighted by Gasteiger charge is 2.09. The number of rotatable bonds is 4. The van der Waals surface area contributed by atoms with E-state index in [4.69, 9.17) is 27.6 Å². The van der Waals surface area contributed by atoms with Gasteiger partial charge in [-0.2, -0.15) is 0 Å². The lowest BCUT2D eigenvalue weighted by Crippen LogP contribution is -1.93. The van der Waals surface area contributed by atoms with Crippen molar-refractivity contribution < 1.29 is 9.21 Å². The molecule has 4 heteroatoms. The number of furan rings is 1. The molecule has 27 heavy (non-hydrogen) atoms. The molecule has 4 aromatic rings. The Morgan fingerprint density at radius 2 is 1.67 bits per heavy atom. The molecule has 0 aliphatic carbocycles. The minimum absolute atomic E-state index is 0.0838. The first-order chi connectivity index (χ1) is 13.1. The van der Waals surface area contributed by atoms with Crippen molar-refractivity contribution in [2.45, 2.75) is 0 Å².